The number of aromatic nitrogens is 2. The Labute approximate surface area is 173 Å². The van der Waals surface area contributed by atoms with Gasteiger partial charge >= 0.3 is 0 Å². The van der Waals surface area contributed by atoms with Crippen molar-refractivity contribution in [2.45, 2.75) is 18.3 Å². The molecule has 0 radical (unpaired) electrons. The third kappa shape index (κ3) is 5.30. The number of thioether (sulfide) groups is 1. The zero-order valence-corrected chi connectivity index (χ0v) is 17.1. The predicted molar refractivity (Wildman–Crippen MR) is 113 cm³/mol. The fourth-order valence-corrected chi connectivity index (χ4v) is 3.59. The Morgan fingerprint density at radius 3 is 2.66 bits per heavy atom. The van der Waals surface area contributed by atoms with Crippen molar-refractivity contribution in [2.24, 2.45) is 0 Å². The number of methoxy groups -OCH3 is 2. The number of anilines is 1. The maximum atomic E-state index is 12.5. The highest BCUT2D eigenvalue weighted by Gasteiger charge is 2.14. The molecule has 1 aromatic heterocycles. The van der Waals surface area contributed by atoms with E-state index in [2.05, 4.69) is 10.3 Å². The molecule has 0 atom stereocenters. The molecule has 0 saturated heterocycles. The summed E-state index contributed by atoms with van der Waals surface area (Å²) in [5.41, 5.74) is 2.33. The summed E-state index contributed by atoms with van der Waals surface area (Å²) in [5, 5.41) is 13.1. The van der Waals surface area contributed by atoms with Crippen LogP contribution in [0.25, 0.3) is 0 Å². The summed E-state index contributed by atoms with van der Waals surface area (Å²) in [5.74, 6) is 1.15. The Kier molecular flexibility index (Phi) is 7.15. The second-order valence-corrected chi connectivity index (χ2v) is 7.11. The average molecular weight is 413 g/mol. The molecule has 0 bridgehead atoms. The topological polar surface area (TPSA) is 85.6 Å². The molecule has 0 fully saturated rings. The number of aliphatic hydroxyl groups is 1. The number of imidazole rings is 1. The van der Waals surface area contributed by atoms with E-state index < -0.39 is 0 Å². The zero-order valence-electron chi connectivity index (χ0n) is 16.3. The van der Waals surface area contributed by atoms with E-state index in [0.29, 0.717) is 34.6 Å². The lowest BCUT2D eigenvalue weighted by molar-refractivity contribution is -0.113. The zero-order chi connectivity index (χ0) is 20.6. The Morgan fingerprint density at radius 2 is 1.97 bits per heavy atom. The molecule has 2 N–H and O–H groups in total. The summed E-state index contributed by atoms with van der Waals surface area (Å²) in [6, 6.07) is 15.1. The normalized spacial score (nSPS) is 10.6. The number of rotatable bonds is 9. The van der Waals surface area contributed by atoms with Gasteiger partial charge in [-0.1, -0.05) is 42.1 Å². The second-order valence-electron chi connectivity index (χ2n) is 6.17. The molecule has 152 valence electrons. The van der Waals surface area contributed by atoms with E-state index in [1.54, 1.807) is 38.6 Å². The van der Waals surface area contributed by atoms with Crippen molar-refractivity contribution in [3.63, 3.8) is 0 Å². The summed E-state index contributed by atoms with van der Waals surface area (Å²) in [7, 11) is 3.11. The third-order valence-corrected chi connectivity index (χ3v) is 5.25. The molecular weight excluding hydrogens is 390 g/mol. The molecule has 0 unspecified atom stereocenters. The largest absolute Gasteiger partial charge is 0.497 e. The molecule has 1 heterocycles. The maximum absolute atomic E-state index is 12.5. The molecule has 3 rings (SSSR count). The van der Waals surface area contributed by atoms with E-state index in [4.69, 9.17) is 9.47 Å². The number of amides is 1. The van der Waals surface area contributed by atoms with Gasteiger partial charge in [0.15, 0.2) is 5.16 Å². The first-order valence-electron chi connectivity index (χ1n) is 8.98. The number of nitrogens with zero attached hydrogens (tertiary/aromatic N) is 2. The molecule has 0 saturated carbocycles. The molecule has 1 amide bonds. The van der Waals surface area contributed by atoms with Gasteiger partial charge < -0.3 is 24.5 Å². The number of ether oxygens (including phenoxy) is 2. The minimum atomic E-state index is -0.193. The molecule has 3 aromatic rings. The number of nitrogens with one attached hydrogen (secondary N) is 1. The highest BCUT2D eigenvalue weighted by Crippen LogP contribution is 2.29. The van der Waals surface area contributed by atoms with Crippen LogP contribution in [0, 0.1) is 0 Å². The Balaban J connectivity index is 1.69. The van der Waals surface area contributed by atoms with Gasteiger partial charge in [0.25, 0.3) is 0 Å². The molecule has 0 aliphatic rings. The lowest BCUT2D eigenvalue weighted by Gasteiger charge is -2.13. The van der Waals surface area contributed by atoms with Gasteiger partial charge in [-0.15, -0.1) is 0 Å². The van der Waals surface area contributed by atoms with Gasteiger partial charge in [0.2, 0.25) is 5.91 Å². The molecule has 8 heteroatoms. The third-order valence-electron chi connectivity index (χ3n) is 4.26. The Hall–Kier alpha value is -2.97. The fourth-order valence-electron chi connectivity index (χ4n) is 2.80. The van der Waals surface area contributed by atoms with Crippen molar-refractivity contribution in [1.82, 2.24) is 9.55 Å². The number of aliphatic hydroxyl groups excluding tert-OH is 1. The summed E-state index contributed by atoms with van der Waals surface area (Å²) < 4.78 is 12.4. The van der Waals surface area contributed by atoms with Crippen molar-refractivity contribution in [1.29, 1.82) is 0 Å². The summed E-state index contributed by atoms with van der Waals surface area (Å²) in [6.45, 7) is 0.456. The number of carbonyl (C=O) groups excluding carboxylic acids is 1. The molecule has 0 aliphatic heterocycles. The van der Waals surface area contributed by atoms with Crippen LogP contribution in [0.3, 0.4) is 0 Å². The van der Waals surface area contributed by atoms with Gasteiger partial charge in [-0.3, -0.25) is 4.79 Å². The van der Waals surface area contributed by atoms with Crippen molar-refractivity contribution < 1.29 is 19.4 Å². The highest BCUT2D eigenvalue weighted by molar-refractivity contribution is 7.99. The van der Waals surface area contributed by atoms with Gasteiger partial charge in [-0.25, -0.2) is 4.98 Å². The minimum absolute atomic E-state index is 0.117. The van der Waals surface area contributed by atoms with Crippen LogP contribution in [-0.2, 0) is 17.9 Å². The summed E-state index contributed by atoms with van der Waals surface area (Å²) >= 11 is 1.31. The molecule has 0 spiro atoms. The lowest BCUT2D eigenvalue weighted by Crippen LogP contribution is -2.15. The van der Waals surface area contributed by atoms with E-state index >= 15 is 0 Å². The van der Waals surface area contributed by atoms with Gasteiger partial charge in [0, 0.05) is 12.6 Å². The smallest absolute Gasteiger partial charge is 0.234 e. The fraction of sp³-hybridized carbons (Fsp3) is 0.238. The summed E-state index contributed by atoms with van der Waals surface area (Å²) in [6.07, 6.45) is 1.63. The average Bonchev–Trinajstić information content (AvgIpc) is 3.14. The van der Waals surface area contributed by atoms with Gasteiger partial charge in [0.1, 0.15) is 11.5 Å². The maximum Gasteiger partial charge on any atom is 0.234 e. The number of hydrogen-bond donors (Lipinski definition) is 2. The number of hydrogen-bond acceptors (Lipinski definition) is 6. The van der Waals surface area contributed by atoms with Crippen LogP contribution in [0.4, 0.5) is 5.69 Å². The van der Waals surface area contributed by atoms with E-state index in [-0.39, 0.29) is 18.3 Å². The van der Waals surface area contributed by atoms with Crippen molar-refractivity contribution in [3.05, 3.63) is 66.0 Å². The quantitative estimate of drug-likeness (QED) is 0.524. The van der Waals surface area contributed by atoms with Gasteiger partial charge in [-0.2, -0.15) is 0 Å². The van der Waals surface area contributed by atoms with E-state index in [1.807, 2.05) is 34.9 Å². The van der Waals surface area contributed by atoms with Crippen LogP contribution >= 0.6 is 11.8 Å². The van der Waals surface area contributed by atoms with Crippen LogP contribution in [0.15, 0.2) is 59.9 Å². The first-order chi connectivity index (χ1) is 14.1. The molecule has 2 aromatic carbocycles. The number of benzene rings is 2. The lowest BCUT2D eigenvalue weighted by atomic mass is 10.2. The Bertz CT molecular complexity index is 960. The van der Waals surface area contributed by atoms with Crippen molar-refractivity contribution in [3.8, 4) is 11.5 Å². The van der Waals surface area contributed by atoms with Crippen LogP contribution in [0.1, 0.15) is 11.3 Å². The minimum Gasteiger partial charge on any atom is -0.497 e. The standard InChI is InChI=1S/C21H23N3O4S/c1-27-17-8-9-19(28-2)18(10-17)23-20(26)14-29-21-22-11-16(13-25)24(21)12-15-6-4-3-5-7-15/h3-11,25H,12-14H2,1-2H3,(H,23,26). The van der Waals surface area contributed by atoms with E-state index in [1.165, 1.54) is 11.8 Å². The van der Waals surface area contributed by atoms with E-state index in [9.17, 15) is 9.90 Å². The van der Waals surface area contributed by atoms with Crippen molar-refractivity contribution in [2.75, 3.05) is 25.3 Å². The first-order valence-corrected chi connectivity index (χ1v) is 9.97. The molecular formula is C21H23N3O4S. The number of carbonyl (C=O) groups is 1. The predicted octanol–water partition coefficient (Wildman–Crippen LogP) is 3.17. The van der Waals surface area contributed by atoms with Crippen LogP contribution < -0.4 is 14.8 Å². The summed E-state index contributed by atoms with van der Waals surface area (Å²) in [4.78, 5) is 16.8. The monoisotopic (exact) mass is 413 g/mol. The first kappa shape index (κ1) is 20.8. The van der Waals surface area contributed by atoms with Crippen LogP contribution in [0.5, 0.6) is 11.5 Å². The highest BCUT2D eigenvalue weighted by atomic mass is 32.2. The van der Waals surface area contributed by atoms with Crippen LogP contribution in [-0.4, -0.2) is 40.5 Å². The van der Waals surface area contributed by atoms with E-state index in [0.717, 1.165) is 5.56 Å². The van der Waals surface area contributed by atoms with Gasteiger partial charge in [-0.05, 0) is 17.7 Å². The SMILES string of the molecule is COc1ccc(OC)c(NC(=O)CSc2ncc(CO)n2Cc2ccccc2)c1. The van der Waals surface area contributed by atoms with Crippen molar-refractivity contribution >= 4 is 23.4 Å². The molecule has 0 aliphatic carbocycles. The Morgan fingerprint density at radius 1 is 1.17 bits per heavy atom. The molecule has 7 nitrogen and oxygen atoms in total. The van der Waals surface area contributed by atoms with Gasteiger partial charge in [0.05, 0.1) is 44.2 Å². The van der Waals surface area contributed by atoms with Crippen LogP contribution in [0.2, 0.25) is 0 Å². The molecule has 29 heavy (non-hydrogen) atoms. The second kappa shape index (κ2) is 9.99.